The maximum atomic E-state index is 11.6. The van der Waals surface area contributed by atoms with Crippen LogP contribution in [0.2, 0.25) is 0 Å². The third-order valence-corrected chi connectivity index (χ3v) is 5.32. The molecule has 11 nitrogen and oxygen atoms in total. The van der Waals surface area contributed by atoms with Crippen molar-refractivity contribution in [3.8, 4) is 5.75 Å². The Balaban J connectivity index is 0.00000272. The maximum absolute atomic E-state index is 11.6. The Morgan fingerprint density at radius 1 is 1.12 bits per heavy atom. The first-order valence-electron chi connectivity index (χ1n) is 8.38. The first kappa shape index (κ1) is 29.2. The third-order valence-electron chi connectivity index (χ3n) is 3.90. The van der Waals surface area contributed by atoms with E-state index in [0.29, 0.717) is 17.7 Å². The van der Waals surface area contributed by atoms with Gasteiger partial charge in [0.15, 0.2) is 5.75 Å². The summed E-state index contributed by atoms with van der Waals surface area (Å²) in [5, 5.41) is 34.9. The molecule has 0 saturated heterocycles. The zero-order chi connectivity index (χ0) is 22.6. The molecule has 0 fully saturated rings. The molecule has 0 aromatic heterocycles. The monoisotopic (exact) mass is 477 g/mol. The standard InChI is InChI=1S/C18H15N3O8S2.2Li/c1-10(22)19-14-9-13(31(25,26)27)7-11-8-15(30-29-28-24)17(18(23)16(11)14)21-20-12-5-3-2-4-6-12;;/h2-9,23-24H,1H3,(H,19,22)(H,25,26,27);;/q;2*+1/p-2. The fraction of sp³-hybridized carbons (Fsp3) is 0.0556. The minimum absolute atomic E-state index is 0. The molecular weight excluding hydrogens is 464 g/mol. The summed E-state index contributed by atoms with van der Waals surface area (Å²) >= 11 is 0.381. The van der Waals surface area contributed by atoms with Crippen LogP contribution in [0.25, 0.3) is 10.8 Å². The molecule has 0 aliphatic heterocycles. The van der Waals surface area contributed by atoms with Gasteiger partial charge in [0.25, 0.3) is 0 Å². The van der Waals surface area contributed by atoms with Gasteiger partial charge in [0.1, 0.15) is 15.8 Å². The van der Waals surface area contributed by atoms with Gasteiger partial charge < -0.3 is 20.2 Å². The van der Waals surface area contributed by atoms with Crippen LogP contribution in [0.5, 0.6) is 5.75 Å². The molecule has 0 radical (unpaired) electrons. The molecule has 3 aromatic carbocycles. The van der Waals surface area contributed by atoms with Crippen molar-refractivity contribution >= 4 is 55.9 Å². The average molecular weight is 477 g/mol. The van der Waals surface area contributed by atoms with Gasteiger partial charge in [-0.05, 0) is 35.7 Å². The number of nitrogens with zero attached hydrogens (tertiary/aromatic N) is 2. The van der Waals surface area contributed by atoms with E-state index in [1.54, 1.807) is 30.3 Å². The van der Waals surface area contributed by atoms with Crippen molar-refractivity contribution in [3.05, 3.63) is 48.5 Å². The number of amides is 1. The van der Waals surface area contributed by atoms with Gasteiger partial charge in [0, 0.05) is 12.3 Å². The normalized spacial score (nSPS) is 11.1. The molecule has 1 amide bonds. The smallest absolute Gasteiger partial charge is 0.744 e. The molecule has 2 N–H and O–H groups in total. The predicted molar refractivity (Wildman–Crippen MR) is 107 cm³/mol. The quantitative estimate of drug-likeness (QED) is 0.0902. The van der Waals surface area contributed by atoms with E-state index in [9.17, 15) is 28.1 Å². The van der Waals surface area contributed by atoms with E-state index in [1.165, 1.54) is 13.0 Å². The molecule has 0 atom stereocenters. The fourth-order valence-corrected chi connectivity index (χ4v) is 3.73. The maximum Gasteiger partial charge on any atom is 1.00 e. The van der Waals surface area contributed by atoms with Crippen molar-refractivity contribution in [3.63, 3.8) is 0 Å². The molecular formula is C18H13Li2N3O8S2. The van der Waals surface area contributed by atoms with Crippen LogP contribution in [0.3, 0.4) is 0 Å². The van der Waals surface area contributed by atoms with Crippen LogP contribution in [0.4, 0.5) is 17.1 Å². The van der Waals surface area contributed by atoms with E-state index in [2.05, 4.69) is 24.9 Å². The van der Waals surface area contributed by atoms with Crippen LogP contribution >= 0.6 is 12.0 Å². The molecule has 3 rings (SSSR count). The van der Waals surface area contributed by atoms with Crippen molar-refractivity contribution in [2.75, 3.05) is 5.32 Å². The van der Waals surface area contributed by atoms with Crippen LogP contribution in [0.15, 0.2) is 68.6 Å². The number of hydrogen-bond donors (Lipinski definition) is 2. The van der Waals surface area contributed by atoms with Crippen molar-refractivity contribution in [2.24, 2.45) is 10.2 Å². The number of anilines is 1. The molecule has 15 heteroatoms. The van der Waals surface area contributed by atoms with Gasteiger partial charge >= 0.3 is 37.7 Å². The van der Waals surface area contributed by atoms with E-state index in [1.807, 2.05) is 0 Å². The van der Waals surface area contributed by atoms with E-state index in [4.69, 9.17) is 0 Å². The molecule has 0 unspecified atom stereocenters. The van der Waals surface area contributed by atoms with Gasteiger partial charge in [-0.1, -0.05) is 18.2 Å². The van der Waals surface area contributed by atoms with E-state index in [-0.39, 0.29) is 64.8 Å². The summed E-state index contributed by atoms with van der Waals surface area (Å²) in [5.74, 6) is -1.08. The molecule has 162 valence electrons. The molecule has 33 heavy (non-hydrogen) atoms. The Kier molecular flexibility index (Phi) is 11.1. The van der Waals surface area contributed by atoms with Crippen LogP contribution < -0.4 is 48.3 Å². The number of benzene rings is 3. The topological polar surface area (TPSA) is 173 Å². The molecule has 3 aromatic rings. The molecule has 0 aliphatic carbocycles. The summed E-state index contributed by atoms with van der Waals surface area (Å²) in [4.78, 5) is 11.0. The Morgan fingerprint density at radius 2 is 1.79 bits per heavy atom. The molecule has 0 bridgehead atoms. The van der Waals surface area contributed by atoms with Gasteiger partial charge in [0.2, 0.25) is 5.91 Å². The summed E-state index contributed by atoms with van der Waals surface area (Å²) in [7, 11) is -4.89. The summed E-state index contributed by atoms with van der Waals surface area (Å²) < 4.78 is 38.9. The van der Waals surface area contributed by atoms with Gasteiger partial charge in [-0.25, -0.2) is 8.42 Å². The van der Waals surface area contributed by atoms with E-state index in [0.717, 1.165) is 12.1 Å². The molecule has 0 aliphatic rings. The van der Waals surface area contributed by atoms with Gasteiger partial charge in [-0.2, -0.15) is 9.45 Å². The number of hydrogen-bond acceptors (Lipinski definition) is 11. The predicted octanol–water partition coefficient (Wildman–Crippen LogP) is -2.94. The fourth-order valence-electron chi connectivity index (χ4n) is 2.71. The summed E-state index contributed by atoms with van der Waals surface area (Å²) in [6.07, 6.45) is 0. The van der Waals surface area contributed by atoms with E-state index < -0.39 is 26.7 Å². The van der Waals surface area contributed by atoms with Crippen molar-refractivity contribution in [1.29, 1.82) is 0 Å². The zero-order valence-electron chi connectivity index (χ0n) is 17.6. The number of carbonyl (C=O) groups excluding carboxylic acids is 1. The number of phenols is 1. The van der Waals surface area contributed by atoms with Crippen molar-refractivity contribution < 1.29 is 75.2 Å². The SMILES string of the molecule is CC(=O)Nc1cc(S(=O)(=O)[O-])cc2cc(SOO[O-])c(N=Nc3ccccc3)c(O)c12.[Li+].[Li+]. The first-order valence-corrected chi connectivity index (χ1v) is 10.5. The molecule has 0 saturated carbocycles. The van der Waals surface area contributed by atoms with Gasteiger partial charge in [-0.3, -0.25) is 9.83 Å². The minimum atomic E-state index is -4.89. The number of azo groups is 1. The van der Waals surface area contributed by atoms with Crippen LogP contribution in [-0.4, -0.2) is 24.0 Å². The van der Waals surface area contributed by atoms with Crippen LogP contribution in [0.1, 0.15) is 6.92 Å². The Morgan fingerprint density at radius 3 is 2.36 bits per heavy atom. The summed E-state index contributed by atoms with van der Waals surface area (Å²) in [6.45, 7) is 1.17. The zero-order valence-corrected chi connectivity index (χ0v) is 19.3. The van der Waals surface area contributed by atoms with Crippen molar-refractivity contribution in [1.82, 2.24) is 0 Å². The number of carbonyl (C=O) groups is 1. The Labute approximate surface area is 216 Å². The summed E-state index contributed by atoms with van der Waals surface area (Å²) in [5.41, 5.74) is 0.169. The average Bonchev–Trinajstić information content (AvgIpc) is 2.71. The number of rotatable bonds is 7. The van der Waals surface area contributed by atoms with Gasteiger partial charge in [-0.15, -0.1) is 5.11 Å². The third kappa shape index (κ3) is 7.30. The minimum Gasteiger partial charge on any atom is -0.744 e. The number of aromatic hydroxyl groups is 1. The number of nitrogens with one attached hydrogen (secondary N) is 1. The van der Waals surface area contributed by atoms with Crippen LogP contribution in [-0.2, 0) is 24.3 Å². The second-order valence-electron chi connectivity index (χ2n) is 6.03. The van der Waals surface area contributed by atoms with Gasteiger partial charge in [0.05, 0.1) is 33.2 Å². The number of fused-ring (bicyclic) bond motifs is 1. The molecule has 0 spiro atoms. The second-order valence-corrected chi connectivity index (χ2v) is 8.15. The molecule has 0 heterocycles. The van der Waals surface area contributed by atoms with E-state index >= 15 is 0 Å². The Hall–Kier alpha value is -1.88. The Bertz CT molecular complexity index is 1270. The van der Waals surface area contributed by atoms with Crippen molar-refractivity contribution in [2.45, 2.75) is 16.7 Å². The first-order chi connectivity index (χ1) is 14.7. The number of phenolic OH excluding ortho intramolecular Hbond substituents is 1. The second kappa shape index (κ2) is 12.5. The van der Waals surface area contributed by atoms with Crippen LogP contribution in [0, 0.1) is 0 Å². The summed E-state index contributed by atoms with van der Waals surface area (Å²) in [6, 6.07) is 11.7. The largest absolute Gasteiger partial charge is 1.00 e.